The van der Waals surface area contributed by atoms with Crippen molar-refractivity contribution < 1.29 is 9.53 Å². The van der Waals surface area contributed by atoms with E-state index in [0.29, 0.717) is 18.2 Å². The third-order valence-corrected chi connectivity index (χ3v) is 1.82. The molecule has 0 N–H and O–H groups in total. The number of esters is 1. The van der Waals surface area contributed by atoms with Crippen molar-refractivity contribution in [1.82, 2.24) is 4.57 Å². The Kier molecular flexibility index (Phi) is 3.12. The van der Waals surface area contributed by atoms with Gasteiger partial charge in [-0.15, -0.1) is 0 Å². The van der Waals surface area contributed by atoms with Gasteiger partial charge in [-0.25, -0.2) is 4.79 Å². The van der Waals surface area contributed by atoms with Crippen LogP contribution in [0.5, 0.6) is 0 Å². The second-order valence-electron chi connectivity index (χ2n) is 3.16. The molecule has 0 aliphatic heterocycles. The van der Waals surface area contributed by atoms with Gasteiger partial charge < -0.3 is 9.30 Å². The van der Waals surface area contributed by atoms with Crippen molar-refractivity contribution in [2.24, 2.45) is 0 Å². The van der Waals surface area contributed by atoms with Gasteiger partial charge in [0.25, 0.3) is 0 Å². The lowest BCUT2D eigenvalue weighted by atomic mass is 10.3. The first kappa shape index (κ1) is 9.84. The van der Waals surface area contributed by atoms with Gasteiger partial charge in [0.15, 0.2) is 0 Å². The third-order valence-electron chi connectivity index (χ3n) is 1.82. The third kappa shape index (κ3) is 2.34. The molecule has 1 rings (SSSR count). The molecule has 0 saturated carbocycles. The van der Waals surface area contributed by atoms with Gasteiger partial charge in [0.1, 0.15) is 0 Å². The molecule has 0 aliphatic carbocycles. The second kappa shape index (κ2) is 4.12. The van der Waals surface area contributed by atoms with E-state index >= 15 is 0 Å². The number of aromatic nitrogens is 1. The van der Waals surface area contributed by atoms with Crippen LogP contribution in [0.3, 0.4) is 0 Å². The normalized spacial score (nSPS) is 10.5. The molecule has 0 atom stereocenters. The van der Waals surface area contributed by atoms with Crippen molar-refractivity contribution in [2.75, 3.05) is 6.61 Å². The topological polar surface area (TPSA) is 31.2 Å². The average Bonchev–Trinajstić information content (AvgIpc) is 2.52. The number of carbonyl (C=O) groups is 1. The molecular formula is C10H15NO2. The van der Waals surface area contributed by atoms with E-state index in [-0.39, 0.29) is 5.97 Å². The van der Waals surface area contributed by atoms with Crippen LogP contribution in [0.15, 0.2) is 18.5 Å². The molecule has 1 aromatic rings. The Morgan fingerprint density at radius 3 is 2.77 bits per heavy atom. The van der Waals surface area contributed by atoms with Crippen molar-refractivity contribution in [3.05, 3.63) is 24.0 Å². The maximum atomic E-state index is 11.2. The van der Waals surface area contributed by atoms with Gasteiger partial charge in [0.2, 0.25) is 0 Å². The van der Waals surface area contributed by atoms with Crippen LogP contribution >= 0.6 is 0 Å². The van der Waals surface area contributed by atoms with E-state index in [9.17, 15) is 4.79 Å². The summed E-state index contributed by atoms with van der Waals surface area (Å²) in [6, 6.07) is 2.15. The molecule has 3 nitrogen and oxygen atoms in total. The monoisotopic (exact) mass is 181 g/mol. The molecule has 0 radical (unpaired) electrons. The summed E-state index contributed by atoms with van der Waals surface area (Å²) in [5, 5.41) is 0. The molecule has 0 bridgehead atoms. The van der Waals surface area contributed by atoms with Crippen LogP contribution in [0.4, 0.5) is 0 Å². The molecule has 0 saturated heterocycles. The van der Waals surface area contributed by atoms with Gasteiger partial charge in [-0.2, -0.15) is 0 Å². The van der Waals surface area contributed by atoms with E-state index in [1.807, 2.05) is 17.0 Å². The Morgan fingerprint density at radius 1 is 1.62 bits per heavy atom. The van der Waals surface area contributed by atoms with Gasteiger partial charge in [0, 0.05) is 18.4 Å². The van der Waals surface area contributed by atoms with Crippen molar-refractivity contribution >= 4 is 5.97 Å². The summed E-state index contributed by atoms with van der Waals surface area (Å²) in [5.41, 5.74) is 0.621. The Balaban J connectivity index is 2.73. The van der Waals surface area contributed by atoms with E-state index in [1.165, 1.54) is 0 Å². The summed E-state index contributed by atoms with van der Waals surface area (Å²) in [6.45, 7) is 6.35. The van der Waals surface area contributed by atoms with Gasteiger partial charge in [-0.05, 0) is 26.8 Å². The van der Waals surface area contributed by atoms with E-state index in [1.54, 1.807) is 13.0 Å². The van der Waals surface area contributed by atoms with Crippen LogP contribution in [0, 0.1) is 0 Å². The van der Waals surface area contributed by atoms with Crippen LogP contribution < -0.4 is 0 Å². The average molecular weight is 181 g/mol. The van der Waals surface area contributed by atoms with E-state index in [0.717, 1.165) is 0 Å². The number of hydrogen-bond donors (Lipinski definition) is 0. The zero-order valence-corrected chi connectivity index (χ0v) is 8.28. The largest absolute Gasteiger partial charge is 0.462 e. The molecule has 3 heteroatoms. The van der Waals surface area contributed by atoms with Crippen molar-refractivity contribution in [3.63, 3.8) is 0 Å². The highest BCUT2D eigenvalue weighted by Crippen LogP contribution is 2.09. The van der Waals surface area contributed by atoms with Crippen LogP contribution in [0.25, 0.3) is 0 Å². The molecule has 0 fully saturated rings. The summed E-state index contributed by atoms with van der Waals surface area (Å²) in [7, 11) is 0. The molecule has 0 unspecified atom stereocenters. The minimum Gasteiger partial charge on any atom is -0.462 e. The SMILES string of the molecule is CCOC(=O)c1ccn(C(C)C)c1. The van der Waals surface area contributed by atoms with E-state index in [4.69, 9.17) is 4.74 Å². The smallest absolute Gasteiger partial charge is 0.339 e. The maximum absolute atomic E-state index is 11.2. The fourth-order valence-electron chi connectivity index (χ4n) is 1.07. The fraction of sp³-hybridized carbons (Fsp3) is 0.500. The maximum Gasteiger partial charge on any atom is 0.339 e. The zero-order chi connectivity index (χ0) is 9.84. The van der Waals surface area contributed by atoms with Gasteiger partial charge in [-0.3, -0.25) is 0 Å². The molecule has 1 heterocycles. The van der Waals surface area contributed by atoms with Gasteiger partial charge >= 0.3 is 5.97 Å². The number of hydrogen-bond acceptors (Lipinski definition) is 2. The molecule has 0 aliphatic rings. The minimum atomic E-state index is -0.248. The Labute approximate surface area is 78.3 Å². The first-order chi connectivity index (χ1) is 6.15. The molecule has 0 aromatic carbocycles. The molecule has 72 valence electrons. The summed E-state index contributed by atoms with van der Waals surface area (Å²) < 4.78 is 6.85. The predicted molar refractivity (Wildman–Crippen MR) is 50.8 cm³/mol. The van der Waals surface area contributed by atoms with Crippen LogP contribution in [0.1, 0.15) is 37.2 Å². The van der Waals surface area contributed by atoms with Crippen molar-refractivity contribution in [2.45, 2.75) is 26.8 Å². The summed E-state index contributed by atoms with van der Waals surface area (Å²) in [4.78, 5) is 11.2. The fourth-order valence-corrected chi connectivity index (χ4v) is 1.07. The highest BCUT2D eigenvalue weighted by atomic mass is 16.5. The minimum absolute atomic E-state index is 0.248. The predicted octanol–water partition coefficient (Wildman–Crippen LogP) is 2.25. The summed E-state index contributed by atoms with van der Waals surface area (Å²) in [6.07, 6.45) is 3.69. The highest BCUT2D eigenvalue weighted by Gasteiger charge is 2.08. The summed E-state index contributed by atoms with van der Waals surface area (Å²) >= 11 is 0. The lowest BCUT2D eigenvalue weighted by Gasteiger charge is -2.05. The molecular weight excluding hydrogens is 166 g/mol. The number of nitrogens with zero attached hydrogens (tertiary/aromatic N) is 1. The first-order valence-corrected chi connectivity index (χ1v) is 4.49. The van der Waals surface area contributed by atoms with Crippen molar-refractivity contribution in [1.29, 1.82) is 0 Å². The lowest BCUT2D eigenvalue weighted by molar-refractivity contribution is 0.0526. The Bertz CT molecular complexity index is 289. The zero-order valence-electron chi connectivity index (χ0n) is 8.28. The Hall–Kier alpha value is -1.25. The van der Waals surface area contributed by atoms with Crippen molar-refractivity contribution in [3.8, 4) is 0 Å². The van der Waals surface area contributed by atoms with Crippen LogP contribution in [-0.2, 0) is 4.74 Å². The number of carbonyl (C=O) groups excluding carboxylic acids is 1. The molecule has 13 heavy (non-hydrogen) atoms. The van der Waals surface area contributed by atoms with E-state index < -0.39 is 0 Å². The molecule has 0 spiro atoms. The van der Waals surface area contributed by atoms with Gasteiger partial charge in [0.05, 0.1) is 12.2 Å². The standard InChI is InChI=1S/C10H15NO2/c1-4-13-10(12)9-5-6-11(7-9)8(2)3/h5-8H,4H2,1-3H3. The second-order valence-corrected chi connectivity index (χ2v) is 3.16. The van der Waals surface area contributed by atoms with Crippen LogP contribution in [0.2, 0.25) is 0 Å². The van der Waals surface area contributed by atoms with Gasteiger partial charge in [-0.1, -0.05) is 0 Å². The van der Waals surface area contributed by atoms with E-state index in [2.05, 4.69) is 13.8 Å². The number of rotatable bonds is 3. The summed E-state index contributed by atoms with van der Waals surface area (Å²) in [5.74, 6) is -0.248. The van der Waals surface area contributed by atoms with Crippen LogP contribution in [-0.4, -0.2) is 17.1 Å². The quantitative estimate of drug-likeness (QED) is 0.670. The molecule has 1 aromatic heterocycles. The number of ether oxygens (including phenoxy) is 1. The first-order valence-electron chi connectivity index (χ1n) is 4.49. The molecule has 0 amide bonds. The Morgan fingerprint density at radius 2 is 2.31 bits per heavy atom. The highest BCUT2D eigenvalue weighted by molar-refractivity contribution is 5.89. The lowest BCUT2D eigenvalue weighted by Crippen LogP contribution is -2.03.